The molecule has 52 heavy (non-hydrogen) atoms. The molecule has 0 saturated carbocycles. The number of nitrogens with zero attached hydrogens (tertiary/aromatic N) is 9. The molecule has 10 nitrogen and oxygen atoms in total. The summed E-state index contributed by atoms with van der Waals surface area (Å²) in [5.41, 5.74) is 11.0. The van der Waals surface area contributed by atoms with Crippen LogP contribution in [-0.4, -0.2) is 62.5 Å². The van der Waals surface area contributed by atoms with Crippen molar-refractivity contribution in [2.24, 2.45) is 7.05 Å². The van der Waals surface area contributed by atoms with Gasteiger partial charge in [-0.05, 0) is 106 Å². The van der Waals surface area contributed by atoms with Crippen molar-refractivity contribution in [3.05, 3.63) is 114 Å². The second kappa shape index (κ2) is 13.5. The predicted molar refractivity (Wildman–Crippen MR) is 207 cm³/mol. The molecule has 0 bridgehead atoms. The van der Waals surface area contributed by atoms with E-state index in [9.17, 15) is 4.79 Å². The van der Waals surface area contributed by atoms with Crippen molar-refractivity contribution < 1.29 is 4.79 Å². The Labute approximate surface area is 302 Å². The number of imidazole rings is 3. The van der Waals surface area contributed by atoms with Crippen molar-refractivity contribution in [3.8, 4) is 34.6 Å². The number of pyridine rings is 2. The van der Waals surface area contributed by atoms with E-state index in [0.717, 1.165) is 92.6 Å². The van der Waals surface area contributed by atoms with E-state index in [1.165, 1.54) is 0 Å². The van der Waals surface area contributed by atoms with Crippen LogP contribution in [-0.2, 0) is 26.6 Å². The van der Waals surface area contributed by atoms with Gasteiger partial charge in [0, 0.05) is 33.2 Å². The zero-order valence-corrected chi connectivity index (χ0v) is 30.2. The Kier molecular flexibility index (Phi) is 8.58. The van der Waals surface area contributed by atoms with Crippen LogP contribution < -0.4 is 0 Å². The number of aryl methyl sites for hydroxylation is 3. The van der Waals surface area contributed by atoms with Gasteiger partial charge in [-0.15, -0.1) is 0 Å². The minimum atomic E-state index is -0.0660. The lowest BCUT2D eigenvalue weighted by molar-refractivity contribution is 0.0767. The molecule has 3 aromatic carbocycles. The van der Waals surface area contributed by atoms with Gasteiger partial charge in [0.15, 0.2) is 17.5 Å². The summed E-state index contributed by atoms with van der Waals surface area (Å²) < 4.78 is 6.48. The Morgan fingerprint density at radius 3 is 1.77 bits per heavy atom. The number of amides is 1. The molecule has 260 valence electrons. The summed E-state index contributed by atoms with van der Waals surface area (Å²) >= 11 is 0. The lowest BCUT2D eigenvalue weighted by Gasteiger charge is -2.18. The zero-order chi connectivity index (χ0) is 35.9. The summed E-state index contributed by atoms with van der Waals surface area (Å²) in [6.07, 6.45) is 0.735. The molecule has 0 atom stereocenters. The monoisotopic (exact) mass is 687 g/mol. The van der Waals surface area contributed by atoms with Crippen LogP contribution in [0.2, 0.25) is 0 Å². The fourth-order valence-corrected chi connectivity index (χ4v) is 7.25. The number of aromatic nitrogens is 8. The van der Waals surface area contributed by atoms with E-state index in [1.54, 1.807) is 11.0 Å². The average molecular weight is 688 g/mol. The molecule has 0 radical (unpaired) electrons. The SMILES string of the molecule is CCN(CC)C(=O)c1cccc(-c2nc3cc(Cc4ccc5c(c4)nc(-c4cccc(-c6nc7ccccc7n6CC)n4)n5C)ccc3n2CC)n1. The molecule has 0 fully saturated rings. The van der Waals surface area contributed by atoms with E-state index in [1.807, 2.05) is 69.4 Å². The fourth-order valence-electron chi connectivity index (χ4n) is 7.25. The number of hydrogen-bond acceptors (Lipinski definition) is 6. The van der Waals surface area contributed by atoms with E-state index in [0.29, 0.717) is 24.5 Å². The van der Waals surface area contributed by atoms with Crippen LogP contribution in [0.1, 0.15) is 49.3 Å². The van der Waals surface area contributed by atoms with Crippen molar-refractivity contribution in [1.29, 1.82) is 0 Å². The maximum Gasteiger partial charge on any atom is 0.272 e. The molecule has 5 aromatic heterocycles. The van der Waals surface area contributed by atoms with Gasteiger partial charge in [-0.3, -0.25) is 4.79 Å². The first-order valence-corrected chi connectivity index (χ1v) is 18.0. The first-order valence-electron chi connectivity index (χ1n) is 18.0. The molecule has 10 heteroatoms. The second-order valence-corrected chi connectivity index (χ2v) is 13.0. The highest BCUT2D eigenvalue weighted by molar-refractivity contribution is 5.93. The summed E-state index contributed by atoms with van der Waals surface area (Å²) in [5, 5.41) is 0. The third-order valence-electron chi connectivity index (χ3n) is 9.91. The molecule has 0 aliphatic carbocycles. The van der Waals surface area contributed by atoms with Gasteiger partial charge >= 0.3 is 0 Å². The van der Waals surface area contributed by atoms with Crippen molar-refractivity contribution >= 4 is 39.0 Å². The highest BCUT2D eigenvalue weighted by atomic mass is 16.2. The Balaban J connectivity index is 1.09. The molecule has 8 aromatic rings. The van der Waals surface area contributed by atoms with Gasteiger partial charge < -0.3 is 18.6 Å². The van der Waals surface area contributed by atoms with Crippen LogP contribution in [0.5, 0.6) is 0 Å². The lowest BCUT2D eigenvalue weighted by atomic mass is 10.0. The number of carbonyl (C=O) groups is 1. The van der Waals surface area contributed by atoms with Gasteiger partial charge in [-0.2, -0.15) is 0 Å². The van der Waals surface area contributed by atoms with Crippen LogP contribution in [0.25, 0.3) is 67.7 Å². The molecule has 0 spiro atoms. The predicted octanol–water partition coefficient (Wildman–Crippen LogP) is 8.18. The summed E-state index contributed by atoms with van der Waals surface area (Å²) in [6.45, 7) is 11.0. The molecule has 0 N–H and O–H groups in total. The average Bonchev–Trinajstić information content (AvgIpc) is 3.85. The van der Waals surface area contributed by atoms with Gasteiger partial charge in [0.25, 0.3) is 5.91 Å². The van der Waals surface area contributed by atoms with E-state index in [2.05, 4.69) is 70.0 Å². The minimum Gasteiger partial charge on any atom is -0.338 e. The van der Waals surface area contributed by atoms with Crippen LogP contribution >= 0.6 is 0 Å². The molecule has 5 heterocycles. The molecule has 0 unspecified atom stereocenters. The van der Waals surface area contributed by atoms with Gasteiger partial charge in [0.05, 0.1) is 33.1 Å². The topological polar surface area (TPSA) is 99.6 Å². The Morgan fingerprint density at radius 1 is 0.558 bits per heavy atom. The fraction of sp³-hybridized carbons (Fsp3) is 0.238. The van der Waals surface area contributed by atoms with E-state index < -0.39 is 0 Å². The molecule has 0 saturated heterocycles. The summed E-state index contributed by atoms with van der Waals surface area (Å²) in [4.78, 5) is 39.7. The van der Waals surface area contributed by atoms with Crippen molar-refractivity contribution in [2.45, 2.75) is 47.2 Å². The van der Waals surface area contributed by atoms with E-state index in [4.69, 9.17) is 24.9 Å². The largest absolute Gasteiger partial charge is 0.338 e. The first kappa shape index (κ1) is 33.0. The summed E-state index contributed by atoms with van der Waals surface area (Å²) in [6, 6.07) is 32.8. The molecule has 1 amide bonds. The third-order valence-corrected chi connectivity index (χ3v) is 9.91. The first-order chi connectivity index (χ1) is 25.4. The Bertz CT molecular complexity index is 2610. The number of hydrogen-bond donors (Lipinski definition) is 0. The molecule has 0 aliphatic heterocycles. The van der Waals surface area contributed by atoms with Crippen molar-refractivity contribution in [3.63, 3.8) is 0 Å². The van der Waals surface area contributed by atoms with Crippen LogP contribution in [0.4, 0.5) is 0 Å². The molecule has 0 aliphatic rings. The Morgan fingerprint density at radius 2 is 1.10 bits per heavy atom. The summed E-state index contributed by atoms with van der Waals surface area (Å²) in [7, 11) is 2.04. The number of para-hydroxylation sites is 2. The number of benzene rings is 3. The van der Waals surface area contributed by atoms with Crippen LogP contribution in [0.15, 0.2) is 97.1 Å². The molecular weight excluding hydrogens is 647 g/mol. The maximum atomic E-state index is 13.1. The highest BCUT2D eigenvalue weighted by Gasteiger charge is 2.19. The lowest BCUT2D eigenvalue weighted by Crippen LogP contribution is -2.31. The maximum absolute atomic E-state index is 13.1. The second-order valence-electron chi connectivity index (χ2n) is 13.0. The van der Waals surface area contributed by atoms with Gasteiger partial charge in [0.1, 0.15) is 22.8 Å². The number of carbonyl (C=O) groups excluding carboxylic acids is 1. The quantitative estimate of drug-likeness (QED) is 0.144. The summed E-state index contributed by atoms with van der Waals surface area (Å²) in [5.74, 6) is 2.36. The normalized spacial score (nSPS) is 11.6. The Hall–Kier alpha value is -6.16. The van der Waals surface area contributed by atoms with Gasteiger partial charge in [-0.25, -0.2) is 24.9 Å². The van der Waals surface area contributed by atoms with Crippen molar-refractivity contribution in [1.82, 2.24) is 43.5 Å². The van der Waals surface area contributed by atoms with Crippen LogP contribution in [0.3, 0.4) is 0 Å². The van der Waals surface area contributed by atoms with E-state index in [-0.39, 0.29) is 5.91 Å². The standard InChI is InChI=1S/C42H41N9O/c1-6-49(7-2)42(52)33-18-13-17-32(44-33)41-47-35-26-28(21-23-38(35)51(41)9-4)24-27-20-22-36-34(25-27)46-39(48(36)5)30-15-12-16-31(43-30)40-45-29-14-10-11-19-37(29)50(40)8-3/h10-23,25-26H,6-9,24H2,1-5H3. The minimum absolute atomic E-state index is 0.0660. The molecular formula is C42H41N9O. The van der Waals surface area contributed by atoms with Crippen LogP contribution in [0, 0.1) is 0 Å². The van der Waals surface area contributed by atoms with Gasteiger partial charge in [-0.1, -0.05) is 36.4 Å². The van der Waals surface area contributed by atoms with Crippen molar-refractivity contribution in [2.75, 3.05) is 13.1 Å². The highest BCUT2D eigenvalue weighted by Crippen LogP contribution is 2.30. The van der Waals surface area contributed by atoms with Gasteiger partial charge in [0.2, 0.25) is 0 Å². The van der Waals surface area contributed by atoms with E-state index >= 15 is 0 Å². The smallest absolute Gasteiger partial charge is 0.272 e. The zero-order valence-electron chi connectivity index (χ0n) is 30.2. The third kappa shape index (κ3) is 5.70. The number of fused-ring (bicyclic) bond motifs is 3. The number of rotatable bonds is 10. The molecule has 8 rings (SSSR count).